The summed E-state index contributed by atoms with van der Waals surface area (Å²) in [4.78, 5) is 18.2. The van der Waals surface area contributed by atoms with Crippen LogP contribution in [0.1, 0.15) is 25.3 Å². The van der Waals surface area contributed by atoms with E-state index in [9.17, 15) is 10.1 Å². The topological polar surface area (TPSA) is 57.0 Å². The highest BCUT2D eigenvalue weighted by Gasteiger charge is 2.26. The number of ketones is 1. The van der Waals surface area contributed by atoms with Gasteiger partial charge in [-0.25, -0.2) is 0 Å². The van der Waals surface area contributed by atoms with Gasteiger partial charge in [-0.3, -0.25) is 9.78 Å². The van der Waals surface area contributed by atoms with Crippen molar-refractivity contribution in [2.24, 2.45) is 5.92 Å². The van der Waals surface area contributed by atoms with Crippen molar-refractivity contribution in [1.82, 2.24) is 4.98 Å². The number of carbonyl (C=O) groups excluding carboxylic acids is 1. The Balaban J connectivity index is 2.10. The van der Waals surface area contributed by atoms with Gasteiger partial charge in [-0.2, -0.15) is 5.26 Å². The van der Waals surface area contributed by atoms with E-state index in [1.54, 1.807) is 13.1 Å². The molecule has 1 saturated heterocycles. The van der Waals surface area contributed by atoms with Gasteiger partial charge in [0.15, 0.2) is 0 Å². The second kappa shape index (κ2) is 5.53. The quantitative estimate of drug-likeness (QED) is 0.848. The highest BCUT2D eigenvalue weighted by Crippen LogP contribution is 2.32. The summed E-state index contributed by atoms with van der Waals surface area (Å²) in [7, 11) is 0. The maximum atomic E-state index is 11.7. The Bertz CT molecular complexity index is 732. The molecule has 0 aliphatic carbocycles. The molecule has 1 atom stereocenters. The number of Topliss-reactive ketones (excluding diaryl/α,β-unsaturated/α-hetero) is 1. The van der Waals surface area contributed by atoms with Crippen LogP contribution in [0, 0.1) is 17.2 Å². The number of piperidine rings is 1. The highest BCUT2D eigenvalue weighted by molar-refractivity contribution is 5.94. The van der Waals surface area contributed by atoms with E-state index in [0.29, 0.717) is 12.1 Å². The van der Waals surface area contributed by atoms with Gasteiger partial charge in [0.25, 0.3) is 0 Å². The highest BCUT2D eigenvalue weighted by atomic mass is 16.1. The maximum Gasteiger partial charge on any atom is 0.134 e. The predicted octanol–water partition coefficient (Wildman–Crippen LogP) is 2.91. The summed E-state index contributed by atoms with van der Waals surface area (Å²) in [5.74, 6) is 0.300. The van der Waals surface area contributed by atoms with Crippen molar-refractivity contribution in [2.75, 3.05) is 18.0 Å². The molecule has 4 nitrogen and oxygen atoms in total. The fourth-order valence-electron chi connectivity index (χ4n) is 3.06. The third-order valence-corrected chi connectivity index (χ3v) is 4.18. The van der Waals surface area contributed by atoms with Crippen LogP contribution in [0.2, 0.25) is 0 Å². The Morgan fingerprint density at radius 2 is 2.24 bits per heavy atom. The molecule has 106 valence electrons. The lowest BCUT2D eigenvalue weighted by atomic mass is 9.93. The molecule has 21 heavy (non-hydrogen) atoms. The molecule has 0 spiro atoms. The van der Waals surface area contributed by atoms with Crippen molar-refractivity contribution in [2.45, 2.75) is 19.8 Å². The summed E-state index contributed by atoms with van der Waals surface area (Å²) in [6.45, 7) is 3.23. The van der Waals surface area contributed by atoms with Crippen LogP contribution in [0.25, 0.3) is 10.9 Å². The SMILES string of the molecule is CC(=O)C1CCCN(c2c(C#N)cnc3ccccc23)C1. The average molecular weight is 279 g/mol. The smallest absolute Gasteiger partial charge is 0.134 e. The number of nitrogens with zero attached hydrogens (tertiary/aromatic N) is 3. The molecule has 2 heterocycles. The Hall–Kier alpha value is -2.41. The Morgan fingerprint density at radius 3 is 3.00 bits per heavy atom. The van der Waals surface area contributed by atoms with E-state index < -0.39 is 0 Å². The summed E-state index contributed by atoms with van der Waals surface area (Å²) in [5, 5.41) is 10.4. The lowest BCUT2D eigenvalue weighted by molar-refractivity contribution is -0.120. The summed E-state index contributed by atoms with van der Waals surface area (Å²) >= 11 is 0. The van der Waals surface area contributed by atoms with E-state index in [4.69, 9.17) is 0 Å². The Morgan fingerprint density at radius 1 is 1.43 bits per heavy atom. The number of rotatable bonds is 2. The van der Waals surface area contributed by atoms with Gasteiger partial charge in [-0.15, -0.1) is 0 Å². The van der Waals surface area contributed by atoms with Gasteiger partial charge >= 0.3 is 0 Å². The van der Waals surface area contributed by atoms with Crippen LogP contribution in [0.3, 0.4) is 0 Å². The second-order valence-electron chi connectivity index (χ2n) is 5.55. The average Bonchev–Trinajstić information content (AvgIpc) is 2.53. The third-order valence-electron chi connectivity index (χ3n) is 4.18. The van der Waals surface area contributed by atoms with Gasteiger partial charge in [0.1, 0.15) is 11.9 Å². The van der Waals surface area contributed by atoms with Crippen LogP contribution in [0.4, 0.5) is 5.69 Å². The first-order valence-corrected chi connectivity index (χ1v) is 7.24. The number of anilines is 1. The van der Waals surface area contributed by atoms with Crippen LogP contribution >= 0.6 is 0 Å². The summed E-state index contributed by atoms with van der Waals surface area (Å²) in [6, 6.07) is 10.1. The van der Waals surface area contributed by atoms with Crippen molar-refractivity contribution in [1.29, 1.82) is 5.26 Å². The van der Waals surface area contributed by atoms with E-state index >= 15 is 0 Å². The molecule has 1 aromatic heterocycles. The second-order valence-corrected chi connectivity index (χ2v) is 5.55. The number of fused-ring (bicyclic) bond motifs is 1. The molecule has 0 N–H and O–H groups in total. The molecule has 1 fully saturated rings. The molecular formula is C17H17N3O. The molecule has 0 saturated carbocycles. The molecule has 0 bridgehead atoms. The monoisotopic (exact) mass is 279 g/mol. The fraction of sp³-hybridized carbons (Fsp3) is 0.353. The Kier molecular flexibility index (Phi) is 3.57. The van der Waals surface area contributed by atoms with Crippen molar-refractivity contribution >= 4 is 22.4 Å². The van der Waals surface area contributed by atoms with E-state index in [2.05, 4.69) is 16.0 Å². The fourth-order valence-corrected chi connectivity index (χ4v) is 3.06. The zero-order valence-corrected chi connectivity index (χ0v) is 12.0. The lowest BCUT2D eigenvalue weighted by Crippen LogP contribution is -2.38. The molecule has 0 amide bonds. The maximum absolute atomic E-state index is 11.7. The normalized spacial score (nSPS) is 18.5. The number of aromatic nitrogens is 1. The van der Waals surface area contributed by atoms with Gasteiger partial charge in [0.2, 0.25) is 0 Å². The van der Waals surface area contributed by atoms with Gasteiger partial charge < -0.3 is 4.90 Å². The summed E-state index contributed by atoms with van der Waals surface area (Å²) in [5.41, 5.74) is 2.39. The van der Waals surface area contributed by atoms with E-state index in [1.807, 2.05) is 24.3 Å². The minimum absolute atomic E-state index is 0.0669. The van der Waals surface area contributed by atoms with Crippen LogP contribution in [-0.4, -0.2) is 23.9 Å². The van der Waals surface area contributed by atoms with E-state index in [-0.39, 0.29) is 11.7 Å². The number of pyridine rings is 1. The minimum atomic E-state index is 0.0669. The van der Waals surface area contributed by atoms with Gasteiger partial charge in [-0.1, -0.05) is 18.2 Å². The van der Waals surface area contributed by atoms with Crippen LogP contribution in [0.5, 0.6) is 0 Å². The van der Waals surface area contributed by atoms with Crippen molar-refractivity contribution in [3.8, 4) is 6.07 Å². The number of benzene rings is 1. The zero-order valence-electron chi connectivity index (χ0n) is 12.0. The van der Waals surface area contributed by atoms with Gasteiger partial charge in [0.05, 0.1) is 16.8 Å². The van der Waals surface area contributed by atoms with E-state index in [1.165, 1.54) is 0 Å². The molecule has 4 heteroatoms. The van der Waals surface area contributed by atoms with Gasteiger partial charge in [-0.05, 0) is 25.8 Å². The van der Waals surface area contributed by atoms with Gasteiger partial charge in [0, 0.05) is 30.6 Å². The summed E-state index contributed by atoms with van der Waals surface area (Å²) < 4.78 is 0. The first-order chi connectivity index (χ1) is 10.2. The molecule has 3 rings (SSSR count). The molecule has 0 radical (unpaired) electrons. The predicted molar refractivity (Wildman–Crippen MR) is 82.1 cm³/mol. The number of nitriles is 1. The number of para-hydroxylation sites is 1. The van der Waals surface area contributed by atoms with Crippen LogP contribution in [0.15, 0.2) is 30.5 Å². The van der Waals surface area contributed by atoms with Crippen LogP contribution in [-0.2, 0) is 4.79 Å². The lowest BCUT2D eigenvalue weighted by Gasteiger charge is -2.34. The molecule has 1 aliphatic rings. The number of hydrogen-bond donors (Lipinski definition) is 0. The van der Waals surface area contributed by atoms with Crippen molar-refractivity contribution < 1.29 is 4.79 Å². The zero-order chi connectivity index (χ0) is 14.8. The molecule has 1 unspecified atom stereocenters. The first-order valence-electron chi connectivity index (χ1n) is 7.24. The van der Waals surface area contributed by atoms with Crippen LogP contribution < -0.4 is 4.90 Å². The molecule has 1 aliphatic heterocycles. The van der Waals surface area contributed by atoms with E-state index in [0.717, 1.165) is 36.0 Å². The van der Waals surface area contributed by atoms with Crippen molar-refractivity contribution in [3.05, 3.63) is 36.0 Å². The Labute approximate surface area is 124 Å². The first kappa shape index (κ1) is 13.6. The summed E-state index contributed by atoms with van der Waals surface area (Å²) in [6.07, 6.45) is 3.55. The largest absolute Gasteiger partial charge is 0.369 e. The molecule has 2 aromatic rings. The van der Waals surface area contributed by atoms with Crippen molar-refractivity contribution in [3.63, 3.8) is 0 Å². The molecule has 1 aromatic carbocycles. The third kappa shape index (κ3) is 2.47. The molecular weight excluding hydrogens is 262 g/mol. The minimum Gasteiger partial charge on any atom is -0.369 e. The number of hydrogen-bond acceptors (Lipinski definition) is 4. The number of carbonyl (C=O) groups is 1. The standard InChI is InChI=1S/C17H17N3O/c1-12(21)13-5-4-8-20(11-13)17-14(9-18)10-19-16-7-3-2-6-15(16)17/h2-3,6-7,10,13H,4-5,8,11H2,1H3.